The van der Waals surface area contributed by atoms with E-state index in [9.17, 15) is 24.0 Å². The fraction of sp³-hybridized carbons (Fsp3) is 0.630. The van der Waals surface area contributed by atoms with Gasteiger partial charge < -0.3 is 20.3 Å². The van der Waals surface area contributed by atoms with E-state index >= 15 is 0 Å². The van der Waals surface area contributed by atoms with Crippen LogP contribution in [0.5, 0.6) is 0 Å². The number of rotatable bonds is 9. The van der Waals surface area contributed by atoms with Crippen LogP contribution in [0.15, 0.2) is 30.3 Å². The summed E-state index contributed by atoms with van der Waals surface area (Å²) in [5, 5.41) is 15.6. The monoisotopic (exact) mass is 498 g/mol. The molecule has 3 aliphatic carbocycles. The van der Waals surface area contributed by atoms with Crippen LogP contribution in [0.4, 0.5) is 4.39 Å². The smallest absolute Gasteiger partial charge is 0.328 e. The number of nitriles is 1. The van der Waals surface area contributed by atoms with Gasteiger partial charge in [0.1, 0.15) is 18.3 Å². The van der Waals surface area contributed by atoms with Crippen LogP contribution in [0, 0.1) is 16.7 Å². The molecule has 2 bridgehead atoms. The average Bonchev–Trinajstić information content (AvgIpc) is 3.29. The summed E-state index contributed by atoms with van der Waals surface area (Å²) in [5.74, 6) is -0.793. The van der Waals surface area contributed by atoms with Gasteiger partial charge in [-0.2, -0.15) is 5.26 Å². The summed E-state index contributed by atoms with van der Waals surface area (Å²) in [4.78, 5) is 40.1. The van der Waals surface area contributed by atoms with Crippen LogP contribution in [0.1, 0.15) is 57.4 Å². The summed E-state index contributed by atoms with van der Waals surface area (Å²) >= 11 is 0. The maximum atomic E-state index is 13.7. The molecule has 4 aliphatic rings. The van der Waals surface area contributed by atoms with E-state index in [0.29, 0.717) is 25.7 Å². The summed E-state index contributed by atoms with van der Waals surface area (Å²) in [5.41, 5.74) is 0.181. The summed E-state index contributed by atoms with van der Waals surface area (Å²) in [7, 11) is 0. The maximum Gasteiger partial charge on any atom is 0.328 e. The number of carbonyl (C=O) groups excluding carboxylic acids is 3. The highest BCUT2D eigenvalue weighted by Crippen LogP contribution is 2.52. The molecule has 4 fully saturated rings. The Morgan fingerprint density at radius 3 is 2.44 bits per heavy atom. The molecule has 194 valence electrons. The molecule has 5 rings (SSSR count). The molecule has 1 aromatic carbocycles. The maximum absolute atomic E-state index is 13.7. The molecule has 1 aromatic rings. The lowest BCUT2D eigenvalue weighted by atomic mass is 9.57. The number of fused-ring (bicyclic) bond motifs is 3. The van der Waals surface area contributed by atoms with Crippen LogP contribution in [0.3, 0.4) is 0 Å². The minimum Gasteiger partial charge on any atom is -0.464 e. The van der Waals surface area contributed by atoms with Crippen molar-refractivity contribution in [1.82, 2.24) is 15.5 Å². The summed E-state index contributed by atoms with van der Waals surface area (Å²) in [6.45, 7) is 2.03. The zero-order chi connectivity index (χ0) is 25.8. The van der Waals surface area contributed by atoms with E-state index < -0.39 is 29.6 Å². The fourth-order valence-electron chi connectivity index (χ4n) is 5.94. The summed E-state index contributed by atoms with van der Waals surface area (Å²) < 4.78 is 18.9. The highest BCUT2D eigenvalue weighted by Gasteiger charge is 2.53. The Bertz CT molecular complexity index is 986. The minimum absolute atomic E-state index is 0.0281. The number of amides is 2. The molecule has 0 aromatic heterocycles. The SMILES string of the molecule is CCOC(=O)C(Cc1ccccc1)NC(=O)C12CCC(NCC(=O)N3CC(F)CC3C#N)(CC1)CC2. The Balaban J connectivity index is 1.34. The second kappa shape index (κ2) is 11.0. The molecule has 1 saturated heterocycles. The number of halogens is 1. The first-order valence-corrected chi connectivity index (χ1v) is 12.9. The molecule has 0 spiro atoms. The first-order valence-electron chi connectivity index (χ1n) is 12.9. The average molecular weight is 499 g/mol. The number of ether oxygens (including phenoxy) is 1. The van der Waals surface area contributed by atoms with Crippen LogP contribution >= 0.6 is 0 Å². The second-order valence-electron chi connectivity index (χ2n) is 10.4. The van der Waals surface area contributed by atoms with Gasteiger partial charge >= 0.3 is 5.97 Å². The van der Waals surface area contributed by atoms with Crippen molar-refractivity contribution in [2.45, 2.75) is 82.1 Å². The van der Waals surface area contributed by atoms with Gasteiger partial charge in [0.05, 0.1) is 25.8 Å². The van der Waals surface area contributed by atoms with Crippen molar-refractivity contribution >= 4 is 17.8 Å². The van der Waals surface area contributed by atoms with Gasteiger partial charge in [0.2, 0.25) is 11.8 Å². The molecule has 2 amide bonds. The lowest BCUT2D eigenvalue weighted by Crippen LogP contribution is -2.61. The normalized spacial score (nSPS) is 29.9. The topological polar surface area (TPSA) is 112 Å². The van der Waals surface area contributed by atoms with Gasteiger partial charge in [-0.3, -0.25) is 9.59 Å². The van der Waals surface area contributed by atoms with E-state index in [1.807, 2.05) is 36.4 Å². The van der Waals surface area contributed by atoms with E-state index in [2.05, 4.69) is 10.6 Å². The van der Waals surface area contributed by atoms with Crippen LogP contribution in [0.25, 0.3) is 0 Å². The second-order valence-corrected chi connectivity index (χ2v) is 10.4. The number of nitrogens with zero attached hydrogens (tertiary/aromatic N) is 2. The van der Waals surface area contributed by atoms with Crippen molar-refractivity contribution in [3.63, 3.8) is 0 Å². The molecule has 3 unspecified atom stereocenters. The van der Waals surface area contributed by atoms with Gasteiger partial charge in [-0.25, -0.2) is 9.18 Å². The number of hydrogen-bond acceptors (Lipinski definition) is 6. The van der Waals surface area contributed by atoms with Crippen molar-refractivity contribution in [2.24, 2.45) is 5.41 Å². The first-order chi connectivity index (χ1) is 17.3. The van der Waals surface area contributed by atoms with Crippen molar-refractivity contribution in [1.29, 1.82) is 5.26 Å². The van der Waals surface area contributed by atoms with Gasteiger partial charge in [0.15, 0.2) is 0 Å². The summed E-state index contributed by atoms with van der Waals surface area (Å²) in [6, 6.07) is 10.1. The highest BCUT2D eigenvalue weighted by molar-refractivity contribution is 5.88. The molecule has 1 aliphatic heterocycles. The van der Waals surface area contributed by atoms with E-state index in [0.717, 1.165) is 24.8 Å². The highest BCUT2D eigenvalue weighted by atomic mass is 19.1. The van der Waals surface area contributed by atoms with Crippen LogP contribution in [0.2, 0.25) is 0 Å². The third kappa shape index (κ3) is 5.54. The van der Waals surface area contributed by atoms with Crippen LogP contribution in [-0.4, -0.2) is 66.2 Å². The van der Waals surface area contributed by atoms with Gasteiger partial charge in [-0.15, -0.1) is 0 Å². The van der Waals surface area contributed by atoms with E-state index in [1.165, 1.54) is 4.90 Å². The van der Waals surface area contributed by atoms with E-state index in [1.54, 1.807) is 6.92 Å². The summed E-state index contributed by atoms with van der Waals surface area (Å²) in [6.07, 6.45) is 3.50. The Hall–Kier alpha value is -2.99. The van der Waals surface area contributed by atoms with Gasteiger partial charge in [-0.1, -0.05) is 30.3 Å². The molecular formula is C27H35FN4O4. The number of hydrogen-bond donors (Lipinski definition) is 2. The predicted molar refractivity (Wildman–Crippen MR) is 130 cm³/mol. The van der Waals surface area contributed by atoms with Gasteiger partial charge in [0.25, 0.3) is 0 Å². The molecule has 8 nitrogen and oxygen atoms in total. The molecule has 1 heterocycles. The molecular weight excluding hydrogens is 463 g/mol. The molecule has 36 heavy (non-hydrogen) atoms. The Kier molecular flexibility index (Phi) is 7.94. The standard InChI is InChI=1S/C27H35FN4O4/c1-2-36-24(34)22(14-19-6-4-3-5-7-19)31-25(35)26-8-11-27(12-9-26,13-10-26)30-17-23(33)32-18-20(28)15-21(32)16-29/h3-7,20-22,30H,2,8-15,17-18H2,1H3,(H,31,35). The Morgan fingerprint density at radius 1 is 1.17 bits per heavy atom. The third-order valence-corrected chi connectivity index (χ3v) is 8.22. The largest absolute Gasteiger partial charge is 0.464 e. The lowest BCUT2D eigenvalue weighted by Gasteiger charge is -2.53. The third-order valence-electron chi connectivity index (χ3n) is 8.22. The number of benzene rings is 1. The molecule has 9 heteroatoms. The number of esters is 1. The van der Waals surface area contributed by atoms with E-state index in [4.69, 9.17) is 4.74 Å². The number of likely N-dealkylation sites (tertiary alicyclic amines) is 1. The molecule has 0 radical (unpaired) electrons. The number of nitrogens with one attached hydrogen (secondary N) is 2. The minimum atomic E-state index is -1.15. The van der Waals surface area contributed by atoms with Crippen LogP contribution < -0.4 is 10.6 Å². The molecule has 3 atom stereocenters. The lowest BCUT2D eigenvalue weighted by molar-refractivity contribution is -0.150. The van der Waals surface area contributed by atoms with Crippen molar-refractivity contribution in [3.05, 3.63) is 35.9 Å². The number of carbonyl (C=O) groups is 3. The predicted octanol–water partition coefficient (Wildman–Crippen LogP) is 2.42. The zero-order valence-electron chi connectivity index (χ0n) is 20.8. The Morgan fingerprint density at radius 2 is 1.83 bits per heavy atom. The quantitative estimate of drug-likeness (QED) is 0.506. The van der Waals surface area contributed by atoms with Crippen molar-refractivity contribution in [2.75, 3.05) is 19.7 Å². The fourth-order valence-corrected chi connectivity index (χ4v) is 5.94. The zero-order valence-corrected chi connectivity index (χ0v) is 20.8. The van der Waals surface area contributed by atoms with Crippen molar-refractivity contribution < 1.29 is 23.5 Å². The Labute approximate surface area is 211 Å². The van der Waals surface area contributed by atoms with Crippen LogP contribution in [-0.2, 0) is 25.5 Å². The molecule has 3 saturated carbocycles. The van der Waals surface area contributed by atoms with Gasteiger partial charge in [-0.05, 0) is 51.0 Å². The van der Waals surface area contributed by atoms with E-state index in [-0.39, 0.29) is 43.5 Å². The van der Waals surface area contributed by atoms with Gasteiger partial charge in [0, 0.05) is 23.8 Å². The number of alkyl halides is 1. The van der Waals surface area contributed by atoms with Crippen molar-refractivity contribution in [3.8, 4) is 6.07 Å². The first kappa shape index (κ1) is 26.1. The molecule has 2 N–H and O–H groups in total.